The van der Waals surface area contributed by atoms with E-state index in [1.807, 2.05) is 60.9 Å². The van der Waals surface area contributed by atoms with Gasteiger partial charge >= 0.3 is 35.6 Å². The zero-order valence-electron chi connectivity index (χ0n) is 10.5. The van der Waals surface area contributed by atoms with E-state index in [1.165, 1.54) is 0 Å². The first kappa shape index (κ1) is 15.3. The first-order chi connectivity index (χ1) is 9.85. The summed E-state index contributed by atoms with van der Waals surface area (Å²) in [5, 5.41) is 1.15. The van der Waals surface area contributed by atoms with Crippen LogP contribution in [0.2, 0.25) is 0 Å². The van der Waals surface area contributed by atoms with Crippen molar-refractivity contribution in [2.45, 2.75) is 0 Å². The van der Waals surface area contributed by atoms with Crippen molar-refractivity contribution in [1.82, 2.24) is 4.98 Å². The van der Waals surface area contributed by atoms with Gasteiger partial charge in [-0.2, -0.15) is 6.20 Å². The molecule has 1 heterocycles. The van der Waals surface area contributed by atoms with Crippen molar-refractivity contribution in [3.8, 4) is 0 Å². The molecule has 5 heteroatoms. The van der Waals surface area contributed by atoms with Gasteiger partial charge in [-0.05, 0) is 23.1 Å². The van der Waals surface area contributed by atoms with E-state index in [0.29, 0.717) is 0 Å². The summed E-state index contributed by atoms with van der Waals surface area (Å²) in [6.07, 6.45) is 3.69. The fraction of sp³-hybridized carbons (Fsp3) is 0. The Morgan fingerprint density at radius 1 is 0.950 bits per heavy atom. The Morgan fingerprint density at radius 2 is 1.70 bits per heavy atom. The van der Waals surface area contributed by atoms with Crippen molar-refractivity contribution in [3.63, 3.8) is 0 Å². The molecule has 1 aromatic heterocycles. The van der Waals surface area contributed by atoms with Gasteiger partial charge in [-0.15, -0.1) is 5.52 Å². The molecule has 0 spiro atoms. The molecule has 0 bridgehead atoms. The molecule has 20 heavy (non-hydrogen) atoms. The van der Waals surface area contributed by atoms with Crippen LogP contribution < -0.4 is 4.98 Å². The summed E-state index contributed by atoms with van der Waals surface area (Å²) in [5.74, 6) is 0. The molecule has 0 saturated heterocycles. The minimum atomic E-state index is -0.556. The molecule has 0 unspecified atom stereocenters. The summed E-state index contributed by atoms with van der Waals surface area (Å²) in [4.78, 5) is 8.78. The van der Waals surface area contributed by atoms with Crippen LogP contribution in [0.5, 0.6) is 0 Å². The molecule has 3 aromatic rings. The third-order valence-corrected chi connectivity index (χ3v) is 2.67. The number of rotatable bonds is 2. The fourth-order valence-corrected chi connectivity index (χ4v) is 1.82. The summed E-state index contributed by atoms with van der Waals surface area (Å²) in [6, 6.07) is 18.0. The number of aromatic nitrogens is 1. The maximum atomic E-state index is 4.89. The third kappa shape index (κ3) is 4.22. The van der Waals surface area contributed by atoms with Gasteiger partial charge in [-0.25, -0.2) is 0 Å². The molecule has 3 rings (SSSR count). The molecular formula is C15H11Cl2N2Ti-. The van der Waals surface area contributed by atoms with E-state index in [1.54, 1.807) is 0 Å². The molecule has 0 radical (unpaired) electrons. The van der Waals surface area contributed by atoms with Gasteiger partial charge in [0.15, 0.2) is 0 Å². The molecule has 0 amide bonds. The maximum absolute atomic E-state index is 4.89. The first-order valence-electron chi connectivity index (χ1n) is 5.91. The van der Waals surface area contributed by atoms with Crippen LogP contribution in [0, 0.1) is 0 Å². The van der Waals surface area contributed by atoms with Crippen LogP contribution in [0.3, 0.4) is 0 Å². The summed E-state index contributed by atoms with van der Waals surface area (Å²) in [7, 11) is 9.78. The van der Waals surface area contributed by atoms with Crippen molar-refractivity contribution < 1.29 is 17.0 Å². The number of hydrogen-bond donors (Lipinski definition) is 0. The third-order valence-electron chi connectivity index (χ3n) is 2.67. The number of hydrogen-bond acceptors (Lipinski definition) is 1. The molecule has 2 nitrogen and oxygen atoms in total. The molecule has 0 aliphatic carbocycles. The SMILES string of the molecule is C(=Nc1ccccc1)c1cccc2cc[n-]c12.[Cl][Ti][Cl]. The summed E-state index contributed by atoms with van der Waals surface area (Å²) < 4.78 is 0. The van der Waals surface area contributed by atoms with Crippen molar-refractivity contribution in [2.24, 2.45) is 4.99 Å². The molecule has 0 fully saturated rings. The van der Waals surface area contributed by atoms with E-state index in [0.717, 1.165) is 22.2 Å². The summed E-state index contributed by atoms with van der Waals surface area (Å²) in [6.45, 7) is 0. The van der Waals surface area contributed by atoms with Crippen LogP contribution in [-0.4, -0.2) is 6.21 Å². The topological polar surface area (TPSA) is 26.5 Å². The molecule has 0 atom stereocenters. The van der Waals surface area contributed by atoms with Crippen LogP contribution in [0.25, 0.3) is 10.9 Å². The molecule has 0 saturated carbocycles. The van der Waals surface area contributed by atoms with E-state index >= 15 is 0 Å². The predicted molar refractivity (Wildman–Crippen MR) is 82.7 cm³/mol. The Kier molecular flexibility index (Phi) is 6.35. The van der Waals surface area contributed by atoms with Crippen LogP contribution in [-0.2, 0) is 17.0 Å². The summed E-state index contributed by atoms with van der Waals surface area (Å²) >= 11 is -0.556. The van der Waals surface area contributed by atoms with Crippen molar-refractivity contribution in [2.75, 3.05) is 0 Å². The molecule has 0 N–H and O–H groups in total. The van der Waals surface area contributed by atoms with Gasteiger partial charge in [0.25, 0.3) is 0 Å². The Morgan fingerprint density at radius 3 is 2.45 bits per heavy atom. The zero-order valence-corrected chi connectivity index (χ0v) is 13.6. The molecular weight excluding hydrogens is 327 g/mol. The normalized spacial score (nSPS) is 10.3. The number of fused-ring (bicyclic) bond motifs is 1. The second-order valence-corrected chi connectivity index (χ2v) is 6.47. The second kappa shape index (κ2) is 8.28. The van der Waals surface area contributed by atoms with Gasteiger partial charge in [0.05, 0.1) is 5.69 Å². The number of nitrogens with zero attached hydrogens (tertiary/aromatic N) is 2. The van der Waals surface area contributed by atoms with Gasteiger partial charge in [-0.1, -0.05) is 42.5 Å². The monoisotopic (exact) mass is 337 g/mol. The quantitative estimate of drug-likeness (QED) is 0.481. The average Bonchev–Trinajstić information content (AvgIpc) is 2.96. The molecule has 0 aliphatic heterocycles. The summed E-state index contributed by atoms with van der Waals surface area (Å²) in [5.41, 5.74) is 3.01. The van der Waals surface area contributed by atoms with E-state index in [4.69, 9.17) is 18.6 Å². The van der Waals surface area contributed by atoms with Gasteiger partial charge in [0.2, 0.25) is 0 Å². The van der Waals surface area contributed by atoms with Crippen LogP contribution >= 0.6 is 18.6 Å². The van der Waals surface area contributed by atoms with Gasteiger partial charge in [-0.3, -0.25) is 4.99 Å². The first-order valence-corrected chi connectivity index (χ1v) is 10.2. The van der Waals surface area contributed by atoms with E-state index < -0.39 is 17.0 Å². The van der Waals surface area contributed by atoms with Crippen LogP contribution in [0.15, 0.2) is 65.8 Å². The van der Waals surface area contributed by atoms with Crippen LogP contribution in [0.1, 0.15) is 5.56 Å². The minimum absolute atomic E-state index is 0.556. The van der Waals surface area contributed by atoms with Crippen LogP contribution in [0.4, 0.5) is 5.69 Å². The predicted octanol–water partition coefficient (Wildman–Crippen LogP) is 4.92. The Bertz CT molecular complexity index is 680. The number of para-hydroxylation sites is 2. The van der Waals surface area contributed by atoms with Gasteiger partial charge < -0.3 is 4.98 Å². The second-order valence-electron chi connectivity index (χ2n) is 3.90. The van der Waals surface area contributed by atoms with Crippen molar-refractivity contribution in [3.05, 3.63) is 66.4 Å². The number of halogens is 2. The average molecular weight is 338 g/mol. The Labute approximate surface area is 134 Å². The van der Waals surface area contributed by atoms with Crippen molar-refractivity contribution >= 4 is 41.4 Å². The van der Waals surface area contributed by atoms with Crippen molar-refractivity contribution in [1.29, 1.82) is 0 Å². The zero-order chi connectivity index (χ0) is 14.2. The molecule has 0 aliphatic rings. The Balaban J connectivity index is 0.000000452. The number of benzene rings is 2. The number of aliphatic imine (C=N–C) groups is 1. The van der Waals surface area contributed by atoms with Gasteiger partial charge in [0.1, 0.15) is 0 Å². The van der Waals surface area contributed by atoms with E-state index in [9.17, 15) is 0 Å². The molecule has 100 valence electrons. The van der Waals surface area contributed by atoms with E-state index in [-0.39, 0.29) is 0 Å². The fourth-order valence-electron chi connectivity index (χ4n) is 1.82. The van der Waals surface area contributed by atoms with E-state index in [2.05, 4.69) is 16.0 Å². The Hall–Kier alpha value is -1.06. The molecule has 2 aromatic carbocycles. The standard InChI is InChI=1S/C15H11N2.2ClH.Ti/c1-2-7-14(8-3-1)17-11-13-6-4-5-12-9-10-16-15(12)13;;;/h1-11H;2*1H;/q-1;;;+2/p-2. The van der Waals surface area contributed by atoms with Gasteiger partial charge in [0, 0.05) is 6.21 Å².